The predicted molar refractivity (Wildman–Crippen MR) is 127 cm³/mol. The zero-order valence-corrected chi connectivity index (χ0v) is 21.0. The summed E-state index contributed by atoms with van der Waals surface area (Å²) >= 11 is 0. The van der Waals surface area contributed by atoms with E-state index in [-0.39, 0.29) is 12.7 Å². The Labute approximate surface area is 211 Å². The van der Waals surface area contributed by atoms with Gasteiger partial charge in [-0.25, -0.2) is 4.79 Å². The Balaban J connectivity index is 1.45. The van der Waals surface area contributed by atoms with Crippen LogP contribution in [0, 0.1) is 0 Å². The average Bonchev–Trinajstić information content (AvgIpc) is 3.01. The second kappa shape index (κ2) is 10.7. The van der Waals surface area contributed by atoms with Crippen LogP contribution in [-0.2, 0) is 23.8 Å². The third-order valence-corrected chi connectivity index (χ3v) is 8.60. The van der Waals surface area contributed by atoms with Crippen molar-refractivity contribution in [3.05, 3.63) is 35.9 Å². The Hall–Kier alpha value is -2.08. The maximum absolute atomic E-state index is 13.4. The van der Waals surface area contributed by atoms with Gasteiger partial charge in [-0.15, -0.1) is 0 Å². The molecule has 0 aliphatic carbocycles. The second-order valence-electron chi connectivity index (χ2n) is 10.8. The Bertz CT molecular complexity index is 911. The van der Waals surface area contributed by atoms with Crippen LogP contribution in [0.3, 0.4) is 0 Å². The molecule has 1 aromatic rings. The van der Waals surface area contributed by atoms with Gasteiger partial charge in [0.15, 0.2) is 12.4 Å². The molecule has 10 nitrogen and oxygen atoms in total. The van der Waals surface area contributed by atoms with Crippen LogP contribution in [0.4, 0.5) is 0 Å². The standard InChI is InChI=1S/C26H37NO9/c1-14(2)27(3)16-9-10-17(27)12-18(11-16)35-25(33)19(15-7-5-4-6-8-15)13-34-26-22(30)20(28)21(29)23(36-26)24(31)32/h4-8,14,16-23,26,28-30H,9-13H2,1-3H3/p+1/t16-,17-,18?,19?,20+,21+,22-,23+,26-,27?/m1/s1. The summed E-state index contributed by atoms with van der Waals surface area (Å²) < 4.78 is 17.9. The summed E-state index contributed by atoms with van der Waals surface area (Å²) in [6, 6.07) is 10.3. The molecule has 0 saturated carbocycles. The van der Waals surface area contributed by atoms with Crippen LogP contribution in [0.25, 0.3) is 0 Å². The van der Waals surface area contributed by atoms with Crippen LogP contribution in [0.5, 0.6) is 0 Å². The summed E-state index contributed by atoms with van der Waals surface area (Å²) in [5.41, 5.74) is 0.643. The fourth-order valence-corrected chi connectivity index (χ4v) is 6.18. The highest BCUT2D eigenvalue weighted by Crippen LogP contribution is 2.44. The van der Waals surface area contributed by atoms with Gasteiger partial charge in [-0.05, 0) is 19.4 Å². The van der Waals surface area contributed by atoms with E-state index in [1.54, 1.807) is 24.3 Å². The molecule has 200 valence electrons. The Kier molecular flexibility index (Phi) is 8.04. The molecule has 8 atom stereocenters. The second-order valence-corrected chi connectivity index (χ2v) is 10.8. The Morgan fingerprint density at radius 3 is 2.19 bits per heavy atom. The first-order valence-electron chi connectivity index (χ1n) is 12.7. The number of aliphatic hydroxyl groups is 3. The van der Waals surface area contributed by atoms with E-state index < -0.39 is 48.6 Å². The highest BCUT2D eigenvalue weighted by Gasteiger charge is 2.54. The number of benzene rings is 1. The number of fused-ring (bicyclic) bond motifs is 2. The molecule has 10 heteroatoms. The zero-order chi connectivity index (χ0) is 26.2. The number of hydrogen-bond acceptors (Lipinski definition) is 8. The Morgan fingerprint density at radius 1 is 1.03 bits per heavy atom. The summed E-state index contributed by atoms with van der Waals surface area (Å²) in [4.78, 5) is 24.8. The number of hydrogen-bond donors (Lipinski definition) is 4. The first kappa shape index (κ1) is 27.0. The smallest absolute Gasteiger partial charge is 0.335 e. The van der Waals surface area contributed by atoms with Gasteiger partial charge in [0.25, 0.3) is 0 Å². The molecule has 3 fully saturated rings. The van der Waals surface area contributed by atoms with Gasteiger partial charge in [-0.2, -0.15) is 0 Å². The van der Waals surface area contributed by atoms with Gasteiger partial charge in [0.1, 0.15) is 30.3 Å². The largest absolute Gasteiger partial charge is 0.479 e. The zero-order valence-electron chi connectivity index (χ0n) is 21.0. The van der Waals surface area contributed by atoms with Crippen molar-refractivity contribution < 1.29 is 48.7 Å². The highest BCUT2D eigenvalue weighted by molar-refractivity contribution is 5.78. The maximum atomic E-state index is 13.4. The number of carbonyl (C=O) groups excluding carboxylic acids is 1. The molecule has 4 rings (SSSR count). The molecule has 3 heterocycles. The van der Waals surface area contributed by atoms with Gasteiger partial charge in [-0.1, -0.05) is 30.3 Å². The van der Waals surface area contributed by atoms with Crippen molar-refractivity contribution in [1.29, 1.82) is 0 Å². The highest BCUT2D eigenvalue weighted by atomic mass is 16.7. The minimum atomic E-state index is -1.82. The van der Waals surface area contributed by atoms with Gasteiger partial charge in [0, 0.05) is 25.7 Å². The minimum Gasteiger partial charge on any atom is -0.479 e. The molecule has 36 heavy (non-hydrogen) atoms. The van der Waals surface area contributed by atoms with E-state index in [1.807, 2.05) is 6.07 Å². The number of carbonyl (C=O) groups is 2. The minimum absolute atomic E-state index is 0.198. The van der Waals surface area contributed by atoms with Gasteiger partial charge in [0.05, 0.1) is 31.8 Å². The van der Waals surface area contributed by atoms with Crippen molar-refractivity contribution in [2.75, 3.05) is 13.7 Å². The summed E-state index contributed by atoms with van der Waals surface area (Å²) in [5, 5.41) is 39.5. The van der Waals surface area contributed by atoms with Crippen LogP contribution in [0.2, 0.25) is 0 Å². The van der Waals surface area contributed by atoms with Gasteiger partial charge in [0.2, 0.25) is 0 Å². The van der Waals surface area contributed by atoms with Crippen LogP contribution in [0.1, 0.15) is 51.0 Å². The van der Waals surface area contributed by atoms with E-state index >= 15 is 0 Å². The first-order valence-corrected chi connectivity index (χ1v) is 12.7. The quantitative estimate of drug-likeness (QED) is 0.296. The lowest BCUT2D eigenvalue weighted by Gasteiger charge is -2.49. The number of carboxylic acid groups (broad SMARTS) is 1. The molecule has 3 aliphatic rings. The topological polar surface area (TPSA) is 143 Å². The molecule has 3 saturated heterocycles. The number of carboxylic acids is 1. The average molecular weight is 509 g/mol. The molecule has 1 unspecified atom stereocenters. The van der Waals surface area contributed by atoms with E-state index in [0.717, 1.165) is 30.2 Å². The number of nitrogens with zero attached hydrogens (tertiary/aromatic N) is 1. The van der Waals surface area contributed by atoms with Gasteiger partial charge in [-0.3, -0.25) is 4.79 Å². The van der Waals surface area contributed by atoms with E-state index in [4.69, 9.17) is 14.2 Å². The van der Waals surface area contributed by atoms with Gasteiger partial charge >= 0.3 is 11.9 Å². The van der Waals surface area contributed by atoms with E-state index in [1.165, 1.54) is 0 Å². The molecule has 2 bridgehead atoms. The SMILES string of the molecule is CC(C)[N+]1(C)[C@@H]2CC[C@@H]1CC(OC(=O)C(CO[C@@H]1O[C@H](C(=O)O)[C@@H](O)[C@H](O)[C@H]1O)c1ccccc1)C2. The van der Waals surface area contributed by atoms with E-state index in [2.05, 4.69) is 20.9 Å². The Morgan fingerprint density at radius 2 is 1.64 bits per heavy atom. The van der Waals surface area contributed by atoms with E-state index in [9.17, 15) is 30.0 Å². The van der Waals surface area contributed by atoms with Crippen molar-refractivity contribution in [2.24, 2.45) is 0 Å². The summed E-state index contributed by atoms with van der Waals surface area (Å²) in [6.45, 7) is 4.22. The van der Waals surface area contributed by atoms with Crippen LogP contribution in [-0.4, -0.2) is 105 Å². The van der Waals surface area contributed by atoms with Crippen molar-refractivity contribution in [1.82, 2.24) is 0 Å². The molecular formula is C26H38NO9+. The fraction of sp³-hybridized carbons (Fsp3) is 0.692. The van der Waals surface area contributed by atoms with Crippen LogP contribution in [0.15, 0.2) is 30.3 Å². The molecular weight excluding hydrogens is 470 g/mol. The number of rotatable bonds is 8. The molecule has 0 spiro atoms. The number of aliphatic carboxylic acids is 1. The van der Waals surface area contributed by atoms with Crippen molar-refractivity contribution >= 4 is 11.9 Å². The summed E-state index contributed by atoms with van der Waals surface area (Å²) in [5.74, 6) is -2.81. The molecule has 4 N–H and O–H groups in total. The number of quaternary nitrogens is 1. The predicted octanol–water partition coefficient (Wildman–Crippen LogP) is 0.771. The first-order chi connectivity index (χ1) is 17.0. The lowest BCUT2D eigenvalue weighted by Crippen LogP contribution is -2.62. The molecule has 0 amide bonds. The lowest BCUT2D eigenvalue weighted by molar-refractivity contribution is -0.968. The molecule has 0 aromatic heterocycles. The summed E-state index contributed by atoms with van der Waals surface area (Å²) in [7, 11) is 2.30. The lowest BCUT2D eigenvalue weighted by atomic mass is 9.94. The summed E-state index contributed by atoms with van der Waals surface area (Å²) in [6.07, 6.45) is -4.97. The van der Waals surface area contributed by atoms with E-state index in [0.29, 0.717) is 23.7 Å². The van der Waals surface area contributed by atoms with Crippen LogP contribution < -0.4 is 0 Å². The van der Waals surface area contributed by atoms with Crippen LogP contribution >= 0.6 is 0 Å². The number of esters is 1. The van der Waals surface area contributed by atoms with Gasteiger partial charge < -0.3 is 39.1 Å². The normalized spacial score (nSPS) is 39.1. The maximum Gasteiger partial charge on any atom is 0.335 e. The molecule has 3 aliphatic heterocycles. The number of ether oxygens (including phenoxy) is 3. The van der Waals surface area contributed by atoms with Crippen molar-refractivity contribution in [3.63, 3.8) is 0 Å². The third-order valence-electron chi connectivity index (χ3n) is 8.60. The number of piperidine rings is 1. The molecule has 0 radical (unpaired) electrons. The monoisotopic (exact) mass is 508 g/mol. The van der Waals surface area contributed by atoms with Crippen molar-refractivity contribution in [3.8, 4) is 0 Å². The molecule has 1 aromatic carbocycles. The fourth-order valence-electron chi connectivity index (χ4n) is 6.18. The van der Waals surface area contributed by atoms with Crippen molar-refractivity contribution in [2.45, 2.75) is 100 Å². The number of aliphatic hydroxyl groups excluding tert-OH is 3. The third kappa shape index (κ3) is 5.03.